The molecule has 0 radical (unpaired) electrons. The van der Waals surface area contributed by atoms with E-state index in [1.54, 1.807) is 0 Å². The lowest BCUT2D eigenvalue weighted by Gasteiger charge is -2.17. The van der Waals surface area contributed by atoms with Gasteiger partial charge in [-0.3, -0.25) is 4.79 Å². The molecule has 0 aliphatic carbocycles. The van der Waals surface area contributed by atoms with Gasteiger partial charge >= 0.3 is 0 Å². The molecule has 1 heterocycles. The van der Waals surface area contributed by atoms with E-state index in [9.17, 15) is 4.79 Å². The minimum Gasteiger partial charge on any atom is -0.493 e. The van der Waals surface area contributed by atoms with Crippen LogP contribution in [0.5, 0.6) is 5.75 Å². The number of imidazole rings is 1. The minimum atomic E-state index is -0.358. The third kappa shape index (κ3) is 6.09. The van der Waals surface area contributed by atoms with Crippen LogP contribution in [-0.2, 0) is 17.8 Å². The highest BCUT2D eigenvalue weighted by Gasteiger charge is 2.20. The van der Waals surface area contributed by atoms with Gasteiger partial charge in [-0.1, -0.05) is 45.0 Å². The number of amides is 1. The van der Waals surface area contributed by atoms with Crippen LogP contribution in [0.2, 0.25) is 0 Å². The van der Waals surface area contributed by atoms with Crippen LogP contribution in [0.25, 0.3) is 11.0 Å². The number of carbonyl (C=O) groups excluding carboxylic acids is 1. The van der Waals surface area contributed by atoms with Crippen LogP contribution in [0.3, 0.4) is 0 Å². The quantitative estimate of drug-likeness (QED) is 0.482. The van der Waals surface area contributed by atoms with Gasteiger partial charge in [0.1, 0.15) is 11.6 Å². The first kappa shape index (κ1) is 22.9. The van der Waals surface area contributed by atoms with Crippen molar-refractivity contribution >= 4 is 16.9 Å². The van der Waals surface area contributed by atoms with Crippen LogP contribution < -0.4 is 10.1 Å². The molecule has 31 heavy (non-hydrogen) atoms. The van der Waals surface area contributed by atoms with Gasteiger partial charge in [0, 0.05) is 24.9 Å². The SMILES string of the molecule is Cc1ccc(C)c(OCCCn2c(CCCNC(=O)C(C)(C)C)nc3ccccc32)c1. The zero-order chi connectivity index (χ0) is 22.4. The number of hydrogen-bond acceptors (Lipinski definition) is 3. The van der Waals surface area contributed by atoms with Crippen LogP contribution in [0, 0.1) is 19.3 Å². The van der Waals surface area contributed by atoms with E-state index < -0.39 is 0 Å². The number of benzene rings is 2. The summed E-state index contributed by atoms with van der Waals surface area (Å²) in [6, 6.07) is 14.6. The van der Waals surface area contributed by atoms with Crippen LogP contribution >= 0.6 is 0 Å². The first-order chi connectivity index (χ1) is 14.8. The Morgan fingerprint density at radius 1 is 1.10 bits per heavy atom. The Morgan fingerprint density at radius 3 is 2.65 bits per heavy atom. The Bertz CT molecular complexity index is 1030. The number of fused-ring (bicyclic) bond motifs is 1. The van der Waals surface area contributed by atoms with Crippen molar-refractivity contribution in [2.24, 2.45) is 5.41 Å². The fourth-order valence-electron chi connectivity index (χ4n) is 3.55. The highest BCUT2D eigenvalue weighted by Crippen LogP contribution is 2.21. The van der Waals surface area contributed by atoms with Crippen molar-refractivity contribution in [2.75, 3.05) is 13.2 Å². The van der Waals surface area contributed by atoms with Gasteiger partial charge in [0.25, 0.3) is 0 Å². The Kier molecular flexibility index (Phi) is 7.37. The summed E-state index contributed by atoms with van der Waals surface area (Å²) in [5.74, 6) is 2.12. The van der Waals surface area contributed by atoms with Crippen LogP contribution in [0.4, 0.5) is 0 Å². The van der Waals surface area contributed by atoms with E-state index in [0.29, 0.717) is 13.2 Å². The molecule has 5 heteroatoms. The van der Waals surface area contributed by atoms with Crippen molar-refractivity contribution < 1.29 is 9.53 Å². The molecule has 0 bridgehead atoms. The summed E-state index contributed by atoms with van der Waals surface area (Å²) in [4.78, 5) is 16.9. The fraction of sp³-hybridized carbons (Fsp3) is 0.462. The number of carbonyl (C=O) groups is 1. The summed E-state index contributed by atoms with van der Waals surface area (Å²) in [5, 5.41) is 3.03. The average molecular weight is 422 g/mol. The normalized spacial score (nSPS) is 11.6. The molecule has 0 saturated carbocycles. The van der Waals surface area contributed by atoms with Crippen molar-refractivity contribution in [1.82, 2.24) is 14.9 Å². The summed E-state index contributed by atoms with van der Waals surface area (Å²) in [6.07, 6.45) is 2.60. The number of aromatic nitrogens is 2. The lowest BCUT2D eigenvalue weighted by molar-refractivity contribution is -0.128. The predicted octanol–water partition coefficient (Wildman–Crippen LogP) is 5.22. The van der Waals surface area contributed by atoms with Gasteiger partial charge in [-0.2, -0.15) is 0 Å². The second-order valence-corrected chi connectivity index (χ2v) is 9.25. The van der Waals surface area contributed by atoms with Gasteiger partial charge in [-0.15, -0.1) is 0 Å². The molecule has 0 atom stereocenters. The van der Waals surface area contributed by atoms with E-state index in [1.165, 1.54) is 5.56 Å². The molecule has 166 valence electrons. The molecule has 0 aliphatic rings. The topological polar surface area (TPSA) is 56.1 Å². The lowest BCUT2D eigenvalue weighted by Crippen LogP contribution is -2.35. The molecule has 1 N–H and O–H groups in total. The molecular weight excluding hydrogens is 386 g/mol. The molecular formula is C26H35N3O2. The van der Waals surface area contributed by atoms with Crippen molar-refractivity contribution in [2.45, 2.75) is 60.4 Å². The van der Waals surface area contributed by atoms with Crippen molar-refractivity contribution in [3.8, 4) is 5.75 Å². The molecule has 1 aromatic heterocycles. The van der Waals surface area contributed by atoms with Crippen LogP contribution in [-0.4, -0.2) is 28.6 Å². The molecule has 3 rings (SSSR count). The molecule has 5 nitrogen and oxygen atoms in total. The van der Waals surface area contributed by atoms with Crippen LogP contribution in [0.1, 0.15) is 50.6 Å². The summed E-state index contributed by atoms with van der Waals surface area (Å²) in [7, 11) is 0. The maximum atomic E-state index is 12.1. The van der Waals surface area contributed by atoms with Crippen LogP contribution in [0.15, 0.2) is 42.5 Å². The number of rotatable bonds is 9. The molecule has 3 aromatic rings. The number of para-hydroxylation sites is 2. The summed E-state index contributed by atoms with van der Waals surface area (Å²) >= 11 is 0. The summed E-state index contributed by atoms with van der Waals surface area (Å²) in [5.41, 5.74) is 4.19. The molecule has 0 aliphatic heterocycles. The lowest BCUT2D eigenvalue weighted by atomic mass is 9.96. The number of nitrogens with zero attached hydrogens (tertiary/aromatic N) is 2. The number of ether oxygens (including phenoxy) is 1. The summed E-state index contributed by atoms with van der Waals surface area (Å²) in [6.45, 7) is 12.1. The largest absolute Gasteiger partial charge is 0.493 e. The maximum absolute atomic E-state index is 12.1. The maximum Gasteiger partial charge on any atom is 0.225 e. The van der Waals surface area contributed by atoms with Gasteiger partial charge in [0.15, 0.2) is 0 Å². The summed E-state index contributed by atoms with van der Waals surface area (Å²) < 4.78 is 8.34. The molecule has 0 spiro atoms. The molecule has 1 amide bonds. The number of hydrogen-bond donors (Lipinski definition) is 1. The smallest absolute Gasteiger partial charge is 0.225 e. The molecule has 2 aromatic carbocycles. The molecule has 0 saturated heterocycles. The monoisotopic (exact) mass is 421 g/mol. The fourth-order valence-corrected chi connectivity index (χ4v) is 3.55. The van der Waals surface area contributed by atoms with E-state index in [0.717, 1.165) is 54.0 Å². The van der Waals surface area contributed by atoms with E-state index in [1.807, 2.05) is 26.8 Å². The predicted molar refractivity (Wildman–Crippen MR) is 127 cm³/mol. The first-order valence-corrected chi connectivity index (χ1v) is 11.2. The van der Waals surface area contributed by atoms with E-state index in [-0.39, 0.29) is 11.3 Å². The zero-order valence-corrected chi connectivity index (χ0v) is 19.5. The second kappa shape index (κ2) is 9.99. The van der Waals surface area contributed by atoms with E-state index in [2.05, 4.69) is 60.1 Å². The zero-order valence-electron chi connectivity index (χ0n) is 19.5. The highest BCUT2D eigenvalue weighted by molar-refractivity contribution is 5.81. The third-order valence-corrected chi connectivity index (χ3v) is 5.40. The minimum absolute atomic E-state index is 0.0876. The van der Waals surface area contributed by atoms with Crippen molar-refractivity contribution in [3.05, 3.63) is 59.4 Å². The Morgan fingerprint density at radius 2 is 1.87 bits per heavy atom. The number of nitrogens with one attached hydrogen (secondary N) is 1. The van der Waals surface area contributed by atoms with Gasteiger partial charge < -0.3 is 14.6 Å². The second-order valence-electron chi connectivity index (χ2n) is 9.25. The van der Waals surface area contributed by atoms with Gasteiger partial charge in [-0.25, -0.2) is 4.98 Å². The van der Waals surface area contributed by atoms with Crippen molar-refractivity contribution in [3.63, 3.8) is 0 Å². The third-order valence-electron chi connectivity index (χ3n) is 5.40. The van der Waals surface area contributed by atoms with Gasteiger partial charge in [-0.05, 0) is 56.0 Å². The number of aryl methyl sites for hydroxylation is 4. The Hall–Kier alpha value is -2.82. The van der Waals surface area contributed by atoms with Gasteiger partial charge in [0.05, 0.1) is 17.6 Å². The van der Waals surface area contributed by atoms with E-state index >= 15 is 0 Å². The van der Waals surface area contributed by atoms with Gasteiger partial charge in [0.2, 0.25) is 5.91 Å². The highest BCUT2D eigenvalue weighted by atomic mass is 16.5. The Labute approximate surface area is 185 Å². The van der Waals surface area contributed by atoms with Crippen molar-refractivity contribution in [1.29, 1.82) is 0 Å². The Balaban J connectivity index is 1.60. The van der Waals surface area contributed by atoms with E-state index in [4.69, 9.17) is 9.72 Å². The first-order valence-electron chi connectivity index (χ1n) is 11.2. The standard InChI is InChI=1S/C26H35N3O2/c1-19-13-14-20(2)23(18-19)31-17-9-16-29-22-11-7-6-10-21(22)28-24(29)12-8-15-27-25(30)26(3,4)5/h6-7,10-11,13-14,18H,8-9,12,15-17H2,1-5H3,(H,27,30). The molecule has 0 unspecified atom stereocenters. The average Bonchev–Trinajstić information content (AvgIpc) is 3.07. The molecule has 0 fully saturated rings.